The molecule has 0 aromatic heterocycles. The van der Waals surface area contributed by atoms with E-state index in [9.17, 15) is 0 Å². The van der Waals surface area contributed by atoms with Gasteiger partial charge in [0.25, 0.3) is 0 Å². The molecular weight excluding hydrogens is 230 g/mol. The van der Waals surface area contributed by atoms with Crippen molar-refractivity contribution in [3.8, 4) is 0 Å². The molecule has 1 aliphatic carbocycles. The van der Waals surface area contributed by atoms with Gasteiger partial charge in [-0.25, -0.2) is 0 Å². The van der Waals surface area contributed by atoms with Crippen LogP contribution in [0.25, 0.3) is 0 Å². The number of hydrogen-bond acceptors (Lipinski definition) is 1. The van der Waals surface area contributed by atoms with Crippen molar-refractivity contribution in [2.75, 3.05) is 6.54 Å². The van der Waals surface area contributed by atoms with Gasteiger partial charge in [-0.3, -0.25) is 0 Å². The molecule has 1 nitrogen and oxygen atoms in total. The smallest absolute Gasteiger partial charge is 0.00720 e. The van der Waals surface area contributed by atoms with Gasteiger partial charge in [0.2, 0.25) is 0 Å². The zero-order valence-corrected chi connectivity index (χ0v) is 13.2. The van der Waals surface area contributed by atoms with E-state index in [2.05, 4.69) is 52.5 Å². The van der Waals surface area contributed by atoms with E-state index in [0.29, 0.717) is 17.8 Å². The van der Waals surface area contributed by atoms with Gasteiger partial charge in [-0.15, -0.1) is 0 Å². The second-order valence-corrected chi connectivity index (χ2v) is 6.61. The maximum absolute atomic E-state index is 5.79. The normalized spacial score (nSPS) is 24.7. The maximum atomic E-state index is 5.79. The molecule has 0 radical (unpaired) electrons. The zero-order valence-electron chi connectivity index (χ0n) is 13.2. The van der Waals surface area contributed by atoms with E-state index in [1.807, 2.05) is 6.08 Å². The minimum atomic E-state index is 0.278. The Morgan fingerprint density at radius 3 is 2.63 bits per heavy atom. The van der Waals surface area contributed by atoms with Gasteiger partial charge in [0.05, 0.1) is 0 Å². The van der Waals surface area contributed by atoms with E-state index >= 15 is 0 Å². The first-order chi connectivity index (χ1) is 8.96. The van der Waals surface area contributed by atoms with Crippen molar-refractivity contribution < 1.29 is 0 Å². The summed E-state index contributed by atoms with van der Waals surface area (Å²) in [6, 6.07) is 0. The van der Waals surface area contributed by atoms with Gasteiger partial charge >= 0.3 is 0 Å². The van der Waals surface area contributed by atoms with Gasteiger partial charge in [0, 0.05) is 0 Å². The van der Waals surface area contributed by atoms with Crippen LogP contribution in [0, 0.1) is 23.2 Å². The van der Waals surface area contributed by atoms with Gasteiger partial charge in [-0.2, -0.15) is 0 Å². The first-order valence-corrected chi connectivity index (χ1v) is 7.66. The summed E-state index contributed by atoms with van der Waals surface area (Å²) in [6.45, 7) is 13.8. The first kappa shape index (κ1) is 16.2. The van der Waals surface area contributed by atoms with Gasteiger partial charge < -0.3 is 5.73 Å². The standard InChI is InChI=1S/C18H31N/c1-6-8-15-13-16(15)17(10-9-14(3)7-2)18(4,5)11-12-19/h6,8-10,14,16-17H,1,7,11-13,19H2,2-5H3/b10-9-,15-8+/t14-,16-,17?/m0/s1. The van der Waals surface area contributed by atoms with Crippen molar-refractivity contribution in [1.29, 1.82) is 0 Å². The summed E-state index contributed by atoms with van der Waals surface area (Å²) < 4.78 is 0. The van der Waals surface area contributed by atoms with Crippen LogP contribution >= 0.6 is 0 Å². The van der Waals surface area contributed by atoms with E-state index in [1.165, 1.54) is 12.8 Å². The summed E-state index contributed by atoms with van der Waals surface area (Å²) in [6.07, 6.45) is 12.5. The number of allylic oxidation sites excluding steroid dienone is 5. The fourth-order valence-electron chi connectivity index (χ4n) is 2.82. The Hall–Kier alpha value is -0.820. The summed E-state index contributed by atoms with van der Waals surface area (Å²) in [7, 11) is 0. The maximum Gasteiger partial charge on any atom is -0.00720 e. The fraction of sp³-hybridized carbons (Fsp3) is 0.667. The lowest BCUT2D eigenvalue weighted by atomic mass is 9.73. The van der Waals surface area contributed by atoms with Gasteiger partial charge in [-0.1, -0.05) is 70.6 Å². The average Bonchev–Trinajstić information content (AvgIpc) is 3.08. The highest BCUT2D eigenvalue weighted by atomic mass is 14.6. The number of hydrogen-bond donors (Lipinski definition) is 1. The van der Waals surface area contributed by atoms with Crippen molar-refractivity contribution in [3.63, 3.8) is 0 Å². The van der Waals surface area contributed by atoms with Crippen LogP contribution in [0.5, 0.6) is 0 Å². The molecule has 0 heterocycles. The molecular formula is C18H31N. The Bertz CT molecular complexity index is 349. The van der Waals surface area contributed by atoms with Crippen molar-refractivity contribution in [3.05, 3.63) is 36.5 Å². The summed E-state index contributed by atoms with van der Waals surface area (Å²) in [5.74, 6) is 1.98. The van der Waals surface area contributed by atoms with Crippen molar-refractivity contribution >= 4 is 0 Å². The molecule has 0 aromatic carbocycles. The summed E-state index contributed by atoms with van der Waals surface area (Å²) in [4.78, 5) is 0. The van der Waals surface area contributed by atoms with E-state index in [4.69, 9.17) is 5.73 Å². The van der Waals surface area contributed by atoms with Crippen LogP contribution in [0.15, 0.2) is 36.5 Å². The number of nitrogens with two attached hydrogens (primary N) is 1. The molecule has 1 fully saturated rings. The molecule has 1 unspecified atom stereocenters. The summed E-state index contributed by atoms with van der Waals surface area (Å²) in [5, 5.41) is 0. The Morgan fingerprint density at radius 2 is 2.11 bits per heavy atom. The molecule has 1 rings (SSSR count). The van der Waals surface area contributed by atoms with Gasteiger partial charge in [0.15, 0.2) is 0 Å². The fourth-order valence-corrected chi connectivity index (χ4v) is 2.82. The van der Waals surface area contributed by atoms with Crippen molar-refractivity contribution in [1.82, 2.24) is 0 Å². The lowest BCUT2D eigenvalue weighted by molar-refractivity contribution is 0.222. The highest BCUT2D eigenvalue weighted by molar-refractivity contribution is 5.31. The molecule has 0 spiro atoms. The van der Waals surface area contributed by atoms with E-state index in [1.54, 1.807) is 5.57 Å². The Morgan fingerprint density at radius 1 is 1.42 bits per heavy atom. The topological polar surface area (TPSA) is 26.0 Å². The minimum absolute atomic E-state index is 0.278. The van der Waals surface area contributed by atoms with Crippen LogP contribution in [-0.4, -0.2) is 6.54 Å². The molecule has 0 aliphatic heterocycles. The predicted octanol–water partition coefficient (Wildman–Crippen LogP) is 4.71. The lowest BCUT2D eigenvalue weighted by Gasteiger charge is -2.32. The SMILES string of the molecule is C=C/C=C1\C[C@@H]1C(/C=C\[C@@H](C)CC)C(C)(C)CCN. The summed E-state index contributed by atoms with van der Waals surface area (Å²) in [5.41, 5.74) is 7.63. The highest BCUT2D eigenvalue weighted by Crippen LogP contribution is 2.51. The molecule has 1 saturated carbocycles. The van der Waals surface area contributed by atoms with E-state index in [-0.39, 0.29) is 5.41 Å². The second-order valence-electron chi connectivity index (χ2n) is 6.61. The zero-order chi connectivity index (χ0) is 14.5. The van der Waals surface area contributed by atoms with Crippen LogP contribution in [0.3, 0.4) is 0 Å². The monoisotopic (exact) mass is 261 g/mol. The van der Waals surface area contributed by atoms with Gasteiger partial charge in [0.1, 0.15) is 0 Å². The molecule has 0 aromatic rings. The molecule has 0 bridgehead atoms. The van der Waals surface area contributed by atoms with Crippen molar-refractivity contribution in [2.24, 2.45) is 28.9 Å². The Labute approximate surface area is 119 Å². The third kappa shape index (κ3) is 4.65. The Kier molecular flexibility index (Phi) is 6.06. The summed E-state index contributed by atoms with van der Waals surface area (Å²) >= 11 is 0. The first-order valence-electron chi connectivity index (χ1n) is 7.66. The van der Waals surface area contributed by atoms with E-state index < -0.39 is 0 Å². The largest absolute Gasteiger partial charge is 0.330 e. The lowest BCUT2D eigenvalue weighted by Crippen LogP contribution is -2.27. The van der Waals surface area contributed by atoms with Crippen LogP contribution < -0.4 is 5.73 Å². The van der Waals surface area contributed by atoms with Crippen LogP contribution in [0.2, 0.25) is 0 Å². The average molecular weight is 261 g/mol. The third-order valence-electron chi connectivity index (χ3n) is 4.52. The highest BCUT2D eigenvalue weighted by Gasteiger charge is 2.42. The molecule has 1 aliphatic rings. The molecule has 2 N–H and O–H groups in total. The van der Waals surface area contributed by atoms with Crippen LogP contribution in [-0.2, 0) is 0 Å². The van der Waals surface area contributed by atoms with Gasteiger partial charge in [-0.05, 0) is 42.6 Å². The van der Waals surface area contributed by atoms with Crippen LogP contribution in [0.1, 0.15) is 47.0 Å². The Balaban J connectivity index is 2.83. The molecule has 3 atom stereocenters. The number of rotatable bonds is 8. The second kappa shape index (κ2) is 7.09. The molecule has 108 valence electrons. The molecule has 19 heavy (non-hydrogen) atoms. The third-order valence-corrected chi connectivity index (χ3v) is 4.52. The predicted molar refractivity (Wildman–Crippen MR) is 85.9 cm³/mol. The molecule has 1 heteroatoms. The molecule has 0 amide bonds. The molecule has 0 saturated heterocycles. The van der Waals surface area contributed by atoms with Crippen LogP contribution in [0.4, 0.5) is 0 Å². The van der Waals surface area contributed by atoms with E-state index in [0.717, 1.165) is 13.0 Å². The van der Waals surface area contributed by atoms with Crippen molar-refractivity contribution in [2.45, 2.75) is 47.0 Å². The minimum Gasteiger partial charge on any atom is -0.330 e. The quantitative estimate of drug-likeness (QED) is 0.629.